The van der Waals surface area contributed by atoms with E-state index in [-0.39, 0.29) is 11.3 Å². The second-order valence-corrected chi connectivity index (χ2v) is 6.01. The maximum Gasteiger partial charge on any atom is 0.335 e. The van der Waals surface area contributed by atoms with Crippen LogP contribution < -0.4 is 5.43 Å². The maximum atomic E-state index is 12.2. The third kappa shape index (κ3) is 3.41. The molecule has 0 radical (unpaired) electrons. The number of carboxylic acids is 1. The number of hydrogen-bond acceptors (Lipinski definition) is 4. The average Bonchev–Trinajstić information content (AvgIpc) is 3.35. The first-order valence-electron chi connectivity index (χ1n) is 8.45. The molecule has 0 aliphatic carbocycles. The number of aromatic carboxylic acids is 1. The van der Waals surface area contributed by atoms with Crippen LogP contribution in [0.2, 0.25) is 0 Å². The quantitative estimate of drug-likeness (QED) is 0.412. The van der Waals surface area contributed by atoms with Crippen molar-refractivity contribution in [2.75, 3.05) is 0 Å². The van der Waals surface area contributed by atoms with Gasteiger partial charge in [-0.15, -0.1) is 0 Å². The van der Waals surface area contributed by atoms with Crippen LogP contribution in [0.5, 0.6) is 0 Å². The summed E-state index contributed by atoms with van der Waals surface area (Å²) in [4.78, 5) is 23.4. The molecule has 7 nitrogen and oxygen atoms in total. The lowest BCUT2D eigenvalue weighted by atomic mass is 10.2. The van der Waals surface area contributed by atoms with Gasteiger partial charge in [0.1, 0.15) is 5.58 Å². The van der Waals surface area contributed by atoms with Gasteiger partial charge in [-0.25, -0.2) is 10.2 Å². The molecule has 2 N–H and O–H groups in total. The van der Waals surface area contributed by atoms with E-state index in [9.17, 15) is 9.59 Å². The van der Waals surface area contributed by atoms with Gasteiger partial charge in [-0.2, -0.15) is 5.10 Å². The third-order valence-corrected chi connectivity index (χ3v) is 4.16. The van der Waals surface area contributed by atoms with Gasteiger partial charge in [0.15, 0.2) is 5.76 Å². The minimum atomic E-state index is -0.998. The van der Waals surface area contributed by atoms with Crippen molar-refractivity contribution >= 4 is 29.1 Å². The summed E-state index contributed by atoms with van der Waals surface area (Å²) in [5.41, 5.74) is 4.60. The van der Waals surface area contributed by atoms with Crippen LogP contribution in [-0.4, -0.2) is 27.8 Å². The fourth-order valence-corrected chi connectivity index (χ4v) is 2.83. The molecule has 4 rings (SSSR count). The molecule has 7 heteroatoms. The molecular weight excluding hydrogens is 358 g/mol. The average molecular weight is 373 g/mol. The van der Waals surface area contributed by atoms with E-state index in [0.717, 1.165) is 5.39 Å². The molecule has 0 aliphatic heterocycles. The summed E-state index contributed by atoms with van der Waals surface area (Å²) >= 11 is 0. The van der Waals surface area contributed by atoms with E-state index in [4.69, 9.17) is 9.52 Å². The zero-order valence-corrected chi connectivity index (χ0v) is 14.6. The van der Waals surface area contributed by atoms with Crippen molar-refractivity contribution in [2.24, 2.45) is 5.10 Å². The minimum Gasteiger partial charge on any atom is -0.478 e. The number of fused-ring (bicyclic) bond motifs is 1. The van der Waals surface area contributed by atoms with Crippen molar-refractivity contribution in [1.29, 1.82) is 0 Å². The predicted octanol–water partition coefficient (Wildman–Crippen LogP) is 3.69. The van der Waals surface area contributed by atoms with Crippen molar-refractivity contribution in [2.45, 2.75) is 0 Å². The lowest BCUT2D eigenvalue weighted by molar-refractivity contribution is 0.0696. The van der Waals surface area contributed by atoms with Crippen LogP contribution in [0.4, 0.5) is 0 Å². The number of carbonyl (C=O) groups is 2. The van der Waals surface area contributed by atoms with Gasteiger partial charge in [0.25, 0.3) is 0 Å². The van der Waals surface area contributed by atoms with Crippen molar-refractivity contribution in [3.63, 3.8) is 0 Å². The summed E-state index contributed by atoms with van der Waals surface area (Å²) in [6.45, 7) is 0. The first-order valence-corrected chi connectivity index (χ1v) is 8.45. The highest BCUT2D eigenvalue weighted by atomic mass is 16.4. The highest BCUT2D eigenvalue weighted by molar-refractivity contribution is 5.96. The first kappa shape index (κ1) is 17.3. The van der Waals surface area contributed by atoms with Gasteiger partial charge in [-0.3, -0.25) is 4.79 Å². The van der Waals surface area contributed by atoms with Crippen molar-refractivity contribution < 1.29 is 19.1 Å². The second kappa shape index (κ2) is 7.24. The van der Waals surface area contributed by atoms with Crippen LogP contribution in [0, 0.1) is 0 Å². The van der Waals surface area contributed by atoms with Gasteiger partial charge in [-0.05, 0) is 42.5 Å². The molecule has 1 amide bonds. The highest BCUT2D eigenvalue weighted by Crippen LogP contribution is 2.18. The maximum absolute atomic E-state index is 12.2. The first-order chi connectivity index (χ1) is 13.6. The fraction of sp³-hybridized carbons (Fsp3) is 0. The number of nitrogens with one attached hydrogen (secondary N) is 1. The van der Waals surface area contributed by atoms with E-state index in [2.05, 4.69) is 10.5 Å². The van der Waals surface area contributed by atoms with Crippen LogP contribution >= 0.6 is 0 Å². The Bertz CT molecular complexity index is 1170. The molecule has 0 saturated carbocycles. The monoisotopic (exact) mass is 373 g/mol. The Morgan fingerprint density at radius 1 is 1.04 bits per heavy atom. The standard InChI is InChI=1S/C21H15N3O4/c25-20(19-12-14-5-1-2-9-18(14)28-19)23-22-13-17-8-4-10-24(17)16-7-3-6-15(11-16)21(26)27/h1-13H,(H,23,25)(H,26,27). The van der Waals surface area contributed by atoms with Gasteiger partial charge in [0, 0.05) is 17.3 Å². The Morgan fingerprint density at radius 3 is 2.71 bits per heavy atom. The van der Waals surface area contributed by atoms with Crippen LogP contribution in [0.15, 0.2) is 82.4 Å². The Kier molecular flexibility index (Phi) is 4.47. The summed E-state index contributed by atoms with van der Waals surface area (Å²) in [5.74, 6) is -1.29. The number of nitrogens with zero attached hydrogens (tertiary/aromatic N) is 2. The predicted molar refractivity (Wildman–Crippen MR) is 104 cm³/mol. The summed E-state index contributed by atoms with van der Waals surface area (Å²) in [6, 6.07) is 19.1. The third-order valence-electron chi connectivity index (χ3n) is 4.16. The van der Waals surface area contributed by atoms with Crippen molar-refractivity contribution in [3.8, 4) is 5.69 Å². The molecule has 0 atom stereocenters. The molecule has 2 aromatic heterocycles. The van der Waals surface area contributed by atoms with Crippen LogP contribution in [0.25, 0.3) is 16.7 Å². The number of carboxylic acid groups (broad SMARTS) is 1. The molecule has 138 valence electrons. The SMILES string of the molecule is O=C(O)c1cccc(-n2cccc2C=NNC(=O)c2cc3ccccc3o2)c1. The number of hydrogen-bond donors (Lipinski definition) is 2. The fourth-order valence-electron chi connectivity index (χ4n) is 2.83. The largest absolute Gasteiger partial charge is 0.478 e. The zero-order valence-electron chi connectivity index (χ0n) is 14.6. The van der Waals surface area contributed by atoms with E-state index in [0.29, 0.717) is 17.0 Å². The Hall–Kier alpha value is -4.13. The number of hydrazone groups is 1. The van der Waals surface area contributed by atoms with Crippen molar-refractivity contribution in [3.05, 3.63) is 89.9 Å². The molecule has 0 aliphatic rings. The zero-order chi connectivity index (χ0) is 19.5. The number of amides is 1. The summed E-state index contributed by atoms with van der Waals surface area (Å²) in [5, 5.41) is 14.0. The molecule has 4 aromatic rings. The number of carbonyl (C=O) groups excluding carboxylic acids is 1. The molecule has 0 bridgehead atoms. The number of aromatic nitrogens is 1. The van der Waals surface area contributed by atoms with Crippen LogP contribution in [0.1, 0.15) is 26.6 Å². The van der Waals surface area contributed by atoms with Gasteiger partial charge >= 0.3 is 11.9 Å². The van der Waals surface area contributed by atoms with E-state index in [1.54, 1.807) is 53.2 Å². The van der Waals surface area contributed by atoms with Crippen molar-refractivity contribution in [1.82, 2.24) is 9.99 Å². The molecule has 0 saturated heterocycles. The summed E-state index contributed by atoms with van der Waals surface area (Å²) in [6.07, 6.45) is 3.26. The number of para-hydroxylation sites is 1. The second-order valence-electron chi connectivity index (χ2n) is 6.01. The molecule has 28 heavy (non-hydrogen) atoms. The topological polar surface area (TPSA) is 96.8 Å². The van der Waals surface area contributed by atoms with E-state index in [1.807, 2.05) is 18.2 Å². The molecule has 2 aromatic carbocycles. The van der Waals surface area contributed by atoms with Gasteiger partial charge < -0.3 is 14.1 Å². The Balaban J connectivity index is 1.51. The molecule has 0 unspecified atom stereocenters. The van der Waals surface area contributed by atoms with Crippen LogP contribution in [0.3, 0.4) is 0 Å². The summed E-state index contributed by atoms with van der Waals surface area (Å²) < 4.78 is 7.27. The van der Waals surface area contributed by atoms with Gasteiger partial charge in [0.2, 0.25) is 0 Å². The lowest BCUT2D eigenvalue weighted by Gasteiger charge is -2.07. The number of rotatable bonds is 5. The minimum absolute atomic E-state index is 0.169. The van der Waals surface area contributed by atoms with E-state index < -0.39 is 11.9 Å². The summed E-state index contributed by atoms with van der Waals surface area (Å²) in [7, 11) is 0. The lowest BCUT2D eigenvalue weighted by Crippen LogP contribution is -2.17. The van der Waals surface area contributed by atoms with E-state index >= 15 is 0 Å². The van der Waals surface area contributed by atoms with Crippen LogP contribution in [-0.2, 0) is 0 Å². The van der Waals surface area contributed by atoms with Gasteiger partial charge in [0.05, 0.1) is 17.5 Å². The molecule has 2 heterocycles. The molecular formula is C21H15N3O4. The Morgan fingerprint density at radius 2 is 1.89 bits per heavy atom. The van der Waals surface area contributed by atoms with E-state index in [1.165, 1.54) is 12.3 Å². The number of benzene rings is 2. The highest BCUT2D eigenvalue weighted by Gasteiger charge is 2.11. The smallest absolute Gasteiger partial charge is 0.335 e. The Labute approximate surface area is 159 Å². The molecule has 0 spiro atoms. The normalized spacial score (nSPS) is 11.1. The molecule has 0 fully saturated rings. The number of furan rings is 1. The van der Waals surface area contributed by atoms with Gasteiger partial charge in [-0.1, -0.05) is 24.3 Å².